The SMILES string of the molecule is COc1cccc(-c2nnc3c4ccccc4nc(N4CCN(C(=O)C5CC5)[C@H](C)C4)n23)c1. The Morgan fingerprint density at radius 1 is 1.06 bits per heavy atom. The van der Waals surface area contributed by atoms with E-state index in [0.29, 0.717) is 19.0 Å². The average Bonchev–Trinajstić information content (AvgIpc) is 3.61. The highest BCUT2D eigenvalue weighted by Crippen LogP contribution is 2.34. The van der Waals surface area contributed by atoms with E-state index in [1.54, 1.807) is 7.11 Å². The summed E-state index contributed by atoms with van der Waals surface area (Å²) >= 11 is 0. The van der Waals surface area contributed by atoms with Gasteiger partial charge in [-0.15, -0.1) is 10.2 Å². The number of methoxy groups -OCH3 is 1. The molecule has 1 amide bonds. The molecule has 4 aromatic rings. The maximum atomic E-state index is 12.7. The van der Waals surface area contributed by atoms with Crippen LogP contribution in [0.2, 0.25) is 0 Å². The zero-order valence-corrected chi connectivity index (χ0v) is 18.8. The molecule has 3 heterocycles. The van der Waals surface area contributed by atoms with Crippen LogP contribution in [-0.2, 0) is 4.79 Å². The number of benzene rings is 2. The normalized spacial score (nSPS) is 18.8. The lowest BCUT2D eigenvalue weighted by atomic mass is 10.1. The Morgan fingerprint density at radius 3 is 2.70 bits per heavy atom. The number of fused-ring (bicyclic) bond motifs is 3. The number of rotatable bonds is 4. The second kappa shape index (κ2) is 7.72. The van der Waals surface area contributed by atoms with Crippen LogP contribution in [0.3, 0.4) is 0 Å². The number of amides is 1. The first-order valence-corrected chi connectivity index (χ1v) is 11.5. The van der Waals surface area contributed by atoms with Crippen LogP contribution >= 0.6 is 0 Å². The minimum absolute atomic E-state index is 0.118. The summed E-state index contributed by atoms with van der Waals surface area (Å²) in [6, 6.07) is 16.0. The summed E-state index contributed by atoms with van der Waals surface area (Å²) in [6.07, 6.45) is 2.06. The molecule has 6 rings (SSSR count). The summed E-state index contributed by atoms with van der Waals surface area (Å²) in [5, 5.41) is 10.1. The predicted octanol–water partition coefficient (Wildman–Crippen LogP) is 3.40. The van der Waals surface area contributed by atoms with Crippen molar-refractivity contribution in [2.24, 2.45) is 5.92 Å². The monoisotopic (exact) mass is 442 g/mol. The van der Waals surface area contributed by atoms with Gasteiger partial charge in [-0.3, -0.25) is 4.79 Å². The van der Waals surface area contributed by atoms with Gasteiger partial charge in [-0.2, -0.15) is 0 Å². The van der Waals surface area contributed by atoms with Gasteiger partial charge in [-0.1, -0.05) is 24.3 Å². The number of hydrogen-bond donors (Lipinski definition) is 0. The van der Waals surface area contributed by atoms with Gasteiger partial charge in [-0.05, 0) is 44.0 Å². The first kappa shape index (κ1) is 20.0. The molecule has 0 bridgehead atoms. The number of hydrogen-bond acceptors (Lipinski definition) is 6. The molecule has 1 saturated heterocycles. The minimum atomic E-state index is 0.118. The number of nitrogens with zero attached hydrogens (tertiary/aromatic N) is 6. The third-order valence-electron chi connectivity index (χ3n) is 6.68. The lowest BCUT2D eigenvalue weighted by Gasteiger charge is -2.40. The molecule has 1 atom stereocenters. The molecule has 0 unspecified atom stereocenters. The molecule has 2 aromatic heterocycles. The van der Waals surface area contributed by atoms with Gasteiger partial charge in [0.05, 0.1) is 12.6 Å². The molecule has 2 fully saturated rings. The van der Waals surface area contributed by atoms with E-state index < -0.39 is 0 Å². The molecule has 0 spiro atoms. The highest BCUT2D eigenvalue weighted by molar-refractivity contribution is 5.93. The lowest BCUT2D eigenvalue weighted by molar-refractivity contribution is -0.134. The van der Waals surface area contributed by atoms with Crippen LogP contribution in [0.5, 0.6) is 5.75 Å². The number of para-hydroxylation sites is 1. The fraction of sp³-hybridized carbons (Fsp3) is 0.360. The zero-order chi connectivity index (χ0) is 22.5. The van der Waals surface area contributed by atoms with Gasteiger partial charge in [-0.25, -0.2) is 9.38 Å². The molecule has 1 aliphatic heterocycles. The Hall–Kier alpha value is -3.68. The third kappa shape index (κ3) is 3.37. The van der Waals surface area contributed by atoms with E-state index in [-0.39, 0.29) is 12.0 Å². The second-order valence-electron chi connectivity index (χ2n) is 8.94. The highest BCUT2D eigenvalue weighted by Gasteiger charge is 2.38. The molecular weight excluding hydrogens is 416 g/mol. The fourth-order valence-corrected chi connectivity index (χ4v) is 4.76. The minimum Gasteiger partial charge on any atom is -0.497 e. The van der Waals surface area contributed by atoms with Crippen molar-refractivity contribution in [2.45, 2.75) is 25.8 Å². The number of aromatic nitrogens is 4. The van der Waals surface area contributed by atoms with Crippen molar-refractivity contribution in [1.29, 1.82) is 0 Å². The van der Waals surface area contributed by atoms with Crippen LogP contribution in [0.1, 0.15) is 19.8 Å². The van der Waals surface area contributed by atoms with Crippen molar-refractivity contribution >= 4 is 28.4 Å². The maximum absolute atomic E-state index is 12.7. The van der Waals surface area contributed by atoms with E-state index in [1.165, 1.54) is 0 Å². The van der Waals surface area contributed by atoms with Crippen LogP contribution in [0.25, 0.3) is 27.9 Å². The van der Waals surface area contributed by atoms with E-state index in [2.05, 4.69) is 22.0 Å². The molecule has 0 N–H and O–H groups in total. The van der Waals surface area contributed by atoms with Crippen molar-refractivity contribution in [1.82, 2.24) is 24.5 Å². The van der Waals surface area contributed by atoms with Crippen LogP contribution in [0, 0.1) is 5.92 Å². The van der Waals surface area contributed by atoms with Crippen molar-refractivity contribution in [3.05, 3.63) is 48.5 Å². The topological polar surface area (TPSA) is 75.9 Å². The highest BCUT2D eigenvalue weighted by atomic mass is 16.5. The number of ether oxygens (including phenoxy) is 1. The molecule has 33 heavy (non-hydrogen) atoms. The average molecular weight is 443 g/mol. The molecule has 1 aliphatic carbocycles. The van der Waals surface area contributed by atoms with Gasteiger partial charge in [0, 0.05) is 42.5 Å². The molecule has 2 aromatic carbocycles. The summed E-state index contributed by atoms with van der Waals surface area (Å²) < 4.78 is 7.48. The standard InChI is InChI=1S/C25H26N6O2/c1-16-15-29(12-13-30(16)24(32)17-10-11-17)25-26-21-9-4-3-8-20(21)23-28-27-22(31(23)25)18-6-5-7-19(14-18)33-2/h3-9,14,16-17H,10-13,15H2,1-2H3/t16-/m1/s1. The molecule has 8 nitrogen and oxygen atoms in total. The van der Waals surface area contributed by atoms with Crippen LogP contribution in [0.15, 0.2) is 48.5 Å². The van der Waals surface area contributed by atoms with Crippen LogP contribution in [0.4, 0.5) is 5.95 Å². The molecule has 1 saturated carbocycles. The first-order valence-electron chi connectivity index (χ1n) is 11.5. The van der Waals surface area contributed by atoms with Crippen molar-refractivity contribution in [2.75, 3.05) is 31.6 Å². The Labute approximate surface area is 191 Å². The largest absolute Gasteiger partial charge is 0.497 e. The molecule has 8 heteroatoms. The number of carbonyl (C=O) groups is 1. The molecular formula is C25H26N6O2. The van der Waals surface area contributed by atoms with Gasteiger partial charge in [0.2, 0.25) is 11.9 Å². The van der Waals surface area contributed by atoms with E-state index in [9.17, 15) is 4.79 Å². The van der Waals surface area contributed by atoms with Gasteiger partial charge in [0.15, 0.2) is 11.5 Å². The summed E-state index contributed by atoms with van der Waals surface area (Å²) in [6.45, 7) is 4.26. The van der Waals surface area contributed by atoms with E-state index in [0.717, 1.165) is 59.0 Å². The van der Waals surface area contributed by atoms with Gasteiger partial charge in [0.25, 0.3) is 0 Å². The Kier molecular flexibility index (Phi) is 4.67. The zero-order valence-electron chi connectivity index (χ0n) is 18.8. The van der Waals surface area contributed by atoms with Crippen LogP contribution in [-0.4, -0.2) is 63.2 Å². The van der Waals surface area contributed by atoms with Gasteiger partial charge < -0.3 is 14.5 Å². The van der Waals surface area contributed by atoms with E-state index in [4.69, 9.17) is 9.72 Å². The third-order valence-corrected chi connectivity index (χ3v) is 6.68. The lowest BCUT2D eigenvalue weighted by Crippen LogP contribution is -2.55. The molecule has 2 aliphatic rings. The summed E-state index contributed by atoms with van der Waals surface area (Å²) in [4.78, 5) is 22.1. The Balaban J connectivity index is 1.47. The second-order valence-corrected chi connectivity index (χ2v) is 8.94. The predicted molar refractivity (Wildman–Crippen MR) is 126 cm³/mol. The van der Waals surface area contributed by atoms with E-state index >= 15 is 0 Å². The fourth-order valence-electron chi connectivity index (χ4n) is 4.76. The Morgan fingerprint density at radius 2 is 1.91 bits per heavy atom. The summed E-state index contributed by atoms with van der Waals surface area (Å²) in [7, 11) is 1.66. The number of piperazine rings is 1. The first-order chi connectivity index (χ1) is 16.1. The smallest absolute Gasteiger partial charge is 0.226 e. The molecule has 0 radical (unpaired) electrons. The van der Waals surface area contributed by atoms with Crippen molar-refractivity contribution in [3.63, 3.8) is 0 Å². The maximum Gasteiger partial charge on any atom is 0.226 e. The summed E-state index contributed by atoms with van der Waals surface area (Å²) in [5.41, 5.74) is 2.57. The van der Waals surface area contributed by atoms with Crippen LogP contribution < -0.4 is 9.64 Å². The number of carbonyl (C=O) groups excluding carboxylic acids is 1. The number of anilines is 1. The van der Waals surface area contributed by atoms with E-state index in [1.807, 2.05) is 57.8 Å². The van der Waals surface area contributed by atoms with Crippen molar-refractivity contribution in [3.8, 4) is 17.1 Å². The quantitative estimate of drug-likeness (QED) is 0.482. The molecule has 168 valence electrons. The van der Waals surface area contributed by atoms with Gasteiger partial charge in [0.1, 0.15) is 5.75 Å². The summed E-state index contributed by atoms with van der Waals surface area (Å²) in [5.74, 6) is 2.83. The van der Waals surface area contributed by atoms with Gasteiger partial charge >= 0.3 is 0 Å². The Bertz CT molecular complexity index is 1360. The van der Waals surface area contributed by atoms with Crippen molar-refractivity contribution < 1.29 is 9.53 Å².